The van der Waals surface area contributed by atoms with Gasteiger partial charge in [-0.1, -0.05) is 30.8 Å². The van der Waals surface area contributed by atoms with E-state index in [9.17, 15) is 4.79 Å². The van der Waals surface area contributed by atoms with Crippen molar-refractivity contribution in [3.05, 3.63) is 21.9 Å². The molecule has 0 aromatic carbocycles. The van der Waals surface area contributed by atoms with E-state index in [0.29, 0.717) is 19.4 Å². The van der Waals surface area contributed by atoms with Gasteiger partial charge in [0.15, 0.2) is 5.84 Å². The lowest BCUT2D eigenvalue weighted by atomic mass is 9.78. The summed E-state index contributed by atoms with van der Waals surface area (Å²) in [5, 5.41) is 17.2. The fraction of sp³-hybridized carbons (Fsp3) is 0.600. The predicted octanol–water partition coefficient (Wildman–Crippen LogP) is 2.76. The molecule has 0 atom stereocenters. The molecule has 0 saturated heterocycles. The van der Waals surface area contributed by atoms with Crippen LogP contribution in [0.4, 0.5) is 0 Å². The van der Waals surface area contributed by atoms with E-state index >= 15 is 0 Å². The minimum Gasteiger partial charge on any atom is -0.409 e. The largest absolute Gasteiger partial charge is 0.409 e. The third-order valence-electron chi connectivity index (χ3n) is 4.37. The van der Waals surface area contributed by atoms with Crippen molar-refractivity contribution in [2.24, 2.45) is 16.3 Å². The Hall–Kier alpha value is -1.56. The van der Waals surface area contributed by atoms with E-state index in [-0.39, 0.29) is 11.7 Å². The number of carbonyl (C=O) groups excluding carboxylic acids is 1. The highest BCUT2D eigenvalue weighted by Gasteiger charge is 2.42. The highest BCUT2D eigenvalue weighted by atomic mass is 32.1. The van der Waals surface area contributed by atoms with Crippen molar-refractivity contribution in [3.63, 3.8) is 0 Å². The van der Waals surface area contributed by atoms with Crippen LogP contribution in [0.15, 0.2) is 16.6 Å². The van der Waals surface area contributed by atoms with E-state index in [1.54, 1.807) is 11.3 Å². The maximum atomic E-state index is 12.7. The quantitative estimate of drug-likeness (QED) is 0.263. The number of amidine groups is 1. The minimum atomic E-state index is -0.851. The van der Waals surface area contributed by atoms with Crippen molar-refractivity contribution in [2.75, 3.05) is 0 Å². The summed E-state index contributed by atoms with van der Waals surface area (Å²) in [4.78, 5) is 13.8. The Balaban J connectivity index is 2.12. The molecule has 2 rings (SSSR count). The molecular formula is C15H23N3O2S. The number of thiophene rings is 1. The lowest BCUT2D eigenvalue weighted by Gasteiger charge is -2.29. The van der Waals surface area contributed by atoms with Gasteiger partial charge in [-0.2, -0.15) is 0 Å². The third-order valence-corrected chi connectivity index (χ3v) is 5.39. The molecule has 0 spiro atoms. The van der Waals surface area contributed by atoms with Crippen LogP contribution < -0.4 is 11.1 Å². The minimum absolute atomic E-state index is 0.0461. The molecule has 0 bridgehead atoms. The van der Waals surface area contributed by atoms with Crippen LogP contribution in [0.2, 0.25) is 0 Å². The molecule has 1 amide bonds. The molecule has 1 aliphatic rings. The number of oxime groups is 1. The highest BCUT2D eigenvalue weighted by molar-refractivity contribution is 7.10. The molecular weight excluding hydrogens is 286 g/mol. The van der Waals surface area contributed by atoms with Crippen LogP contribution in [-0.2, 0) is 11.3 Å². The van der Waals surface area contributed by atoms with Crippen LogP contribution in [0.1, 0.15) is 49.0 Å². The molecule has 5 nitrogen and oxygen atoms in total. The SMILES string of the molecule is Cc1ccsc1CNC(=O)C1(/C(N)=N/O)CCCCCC1. The monoisotopic (exact) mass is 309 g/mol. The van der Waals surface area contributed by atoms with Gasteiger partial charge in [-0.15, -0.1) is 11.3 Å². The van der Waals surface area contributed by atoms with E-state index in [0.717, 1.165) is 30.6 Å². The van der Waals surface area contributed by atoms with Gasteiger partial charge >= 0.3 is 0 Å². The van der Waals surface area contributed by atoms with Crippen LogP contribution in [-0.4, -0.2) is 17.0 Å². The Kier molecular flexibility index (Phi) is 5.22. The van der Waals surface area contributed by atoms with E-state index in [1.807, 2.05) is 18.4 Å². The van der Waals surface area contributed by atoms with Gasteiger partial charge in [0, 0.05) is 4.88 Å². The zero-order valence-corrected chi connectivity index (χ0v) is 13.2. The average Bonchev–Trinajstić information content (AvgIpc) is 2.76. The second kappa shape index (κ2) is 6.93. The predicted molar refractivity (Wildman–Crippen MR) is 84.4 cm³/mol. The van der Waals surface area contributed by atoms with Crippen molar-refractivity contribution < 1.29 is 10.0 Å². The Morgan fingerprint density at radius 3 is 2.62 bits per heavy atom. The van der Waals surface area contributed by atoms with Crippen molar-refractivity contribution in [2.45, 2.75) is 52.0 Å². The van der Waals surface area contributed by atoms with Crippen LogP contribution in [0.3, 0.4) is 0 Å². The molecule has 1 aromatic rings. The second-order valence-corrected chi connectivity index (χ2v) is 6.69. The van der Waals surface area contributed by atoms with Crippen LogP contribution >= 0.6 is 11.3 Å². The van der Waals surface area contributed by atoms with E-state index in [4.69, 9.17) is 10.9 Å². The lowest BCUT2D eigenvalue weighted by Crippen LogP contribution is -2.49. The number of carbonyl (C=O) groups is 1. The van der Waals surface area contributed by atoms with Gasteiger partial charge in [0.1, 0.15) is 5.41 Å². The van der Waals surface area contributed by atoms with Crippen molar-refractivity contribution >= 4 is 23.1 Å². The van der Waals surface area contributed by atoms with Crippen LogP contribution in [0.25, 0.3) is 0 Å². The Morgan fingerprint density at radius 1 is 1.43 bits per heavy atom. The molecule has 1 aromatic heterocycles. The lowest BCUT2D eigenvalue weighted by molar-refractivity contribution is -0.128. The van der Waals surface area contributed by atoms with E-state index in [2.05, 4.69) is 10.5 Å². The number of hydrogen-bond donors (Lipinski definition) is 3. The topological polar surface area (TPSA) is 87.7 Å². The third kappa shape index (κ3) is 3.37. The molecule has 0 radical (unpaired) electrons. The van der Waals surface area contributed by atoms with E-state index in [1.165, 1.54) is 5.56 Å². The Bertz CT molecular complexity index is 517. The number of hydrogen-bond acceptors (Lipinski definition) is 4. The van der Waals surface area contributed by atoms with Gasteiger partial charge in [0.25, 0.3) is 0 Å². The highest BCUT2D eigenvalue weighted by Crippen LogP contribution is 2.35. The summed E-state index contributed by atoms with van der Waals surface area (Å²) >= 11 is 1.63. The van der Waals surface area contributed by atoms with Gasteiger partial charge in [-0.3, -0.25) is 4.79 Å². The number of amides is 1. The number of nitrogens with zero attached hydrogens (tertiary/aromatic N) is 1. The molecule has 1 fully saturated rings. The standard InChI is InChI=1S/C15H23N3O2S/c1-11-6-9-21-12(11)10-17-14(19)15(13(16)18-20)7-4-2-3-5-8-15/h6,9,20H,2-5,7-8,10H2,1H3,(H2,16,18)(H,17,19). The summed E-state index contributed by atoms with van der Waals surface area (Å²) < 4.78 is 0. The first-order chi connectivity index (χ1) is 10.1. The second-order valence-electron chi connectivity index (χ2n) is 5.69. The normalized spacial score (nSPS) is 19.0. The first-order valence-electron chi connectivity index (χ1n) is 7.39. The summed E-state index contributed by atoms with van der Waals surface area (Å²) in [7, 11) is 0. The van der Waals surface area contributed by atoms with Gasteiger partial charge in [-0.05, 0) is 36.8 Å². The fourth-order valence-corrected chi connectivity index (χ4v) is 3.79. The van der Waals surface area contributed by atoms with Crippen molar-refractivity contribution in [1.82, 2.24) is 5.32 Å². The van der Waals surface area contributed by atoms with Crippen molar-refractivity contribution in [3.8, 4) is 0 Å². The van der Waals surface area contributed by atoms with Crippen molar-refractivity contribution in [1.29, 1.82) is 0 Å². The first kappa shape index (κ1) is 15.8. The summed E-state index contributed by atoms with van der Waals surface area (Å²) in [5.41, 5.74) is 6.20. The summed E-state index contributed by atoms with van der Waals surface area (Å²) in [6.07, 6.45) is 5.36. The zero-order valence-electron chi connectivity index (χ0n) is 12.4. The first-order valence-corrected chi connectivity index (χ1v) is 8.27. The zero-order chi connectivity index (χ0) is 15.3. The smallest absolute Gasteiger partial charge is 0.234 e. The molecule has 1 aliphatic carbocycles. The number of rotatable bonds is 4. The molecule has 21 heavy (non-hydrogen) atoms. The number of nitrogens with two attached hydrogens (primary N) is 1. The molecule has 4 N–H and O–H groups in total. The molecule has 6 heteroatoms. The summed E-state index contributed by atoms with van der Waals surface area (Å²) in [6, 6.07) is 2.04. The Labute approximate surface area is 129 Å². The molecule has 1 saturated carbocycles. The maximum Gasteiger partial charge on any atom is 0.234 e. The summed E-state index contributed by atoms with van der Waals surface area (Å²) in [6.45, 7) is 2.53. The molecule has 0 unspecified atom stereocenters. The molecule has 116 valence electrons. The van der Waals surface area contributed by atoms with Crippen LogP contribution in [0.5, 0.6) is 0 Å². The van der Waals surface area contributed by atoms with Gasteiger partial charge in [-0.25, -0.2) is 0 Å². The molecule has 1 heterocycles. The van der Waals surface area contributed by atoms with E-state index < -0.39 is 5.41 Å². The number of aryl methyl sites for hydroxylation is 1. The van der Waals surface area contributed by atoms with Gasteiger partial charge in [0.2, 0.25) is 5.91 Å². The maximum absolute atomic E-state index is 12.7. The Morgan fingerprint density at radius 2 is 2.10 bits per heavy atom. The van der Waals surface area contributed by atoms with Gasteiger partial charge < -0.3 is 16.3 Å². The number of nitrogens with one attached hydrogen (secondary N) is 1. The van der Waals surface area contributed by atoms with Crippen LogP contribution in [0, 0.1) is 12.3 Å². The molecule has 0 aliphatic heterocycles. The fourth-order valence-electron chi connectivity index (χ4n) is 2.94. The average molecular weight is 309 g/mol. The summed E-state index contributed by atoms with van der Waals surface area (Å²) in [5.74, 6) is -0.0719. The van der Waals surface area contributed by atoms with Gasteiger partial charge in [0.05, 0.1) is 6.54 Å².